The van der Waals surface area contributed by atoms with Crippen LogP contribution in [0.5, 0.6) is 23.0 Å². The highest BCUT2D eigenvalue weighted by Crippen LogP contribution is 2.28. The van der Waals surface area contributed by atoms with Gasteiger partial charge in [-0.05, 0) is 60.7 Å². The van der Waals surface area contributed by atoms with Crippen molar-refractivity contribution in [2.24, 2.45) is 0 Å². The molecule has 0 aliphatic rings. The molecule has 0 spiro atoms. The summed E-state index contributed by atoms with van der Waals surface area (Å²) in [5.74, 6) is 2.57. The predicted octanol–water partition coefficient (Wildman–Crippen LogP) is 4.73. The van der Waals surface area contributed by atoms with Crippen molar-refractivity contribution in [1.82, 2.24) is 0 Å². The molecule has 0 bridgehead atoms. The van der Waals surface area contributed by atoms with Gasteiger partial charge in [0.05, 0.1) is 5.56 Å². The Morgan fingerprint density at radius 2 is 1.22 bits per heavy atom. The normalized spacial score (nSPS) is 9.87. The standard InChI is InChI=1S/C19H14N2O2/c20-13-14-3-1-2-4-19(14)23-18-11-9-17(10-12-18)22-16-7-5-15(21)6-8-16/h1-12H,21H2. The minimum atomic E-state index is 0.495. The Hall–Kier alpha value is -3.45. The number of nitriles is 1. The van der Waals surface area contributed by atoms with Gasteiger partial charge in [0.15, 0.2) is 0 Å². The molecule has 0 unspecified atom stereocenters. The van der Waals surface area contributed by atoms with Crippen molar-refractivity contribution in [3.8, 4) is 29.1 Å². The summed E-state index contributed by atoms with van der Waals surface area (Å²) in [5.41, 5.74) is 6.83. The molecule has 3 aromatic carbocycles. The van der Waals surface area contributed by atoms with Gasteiger partial charge in [-0.1, -0.05) is 12.1 Å². The van der Waals surface area contributed by atoms with Crippen LogP contribution < -0.4 is 15.2 Å². The maximum Gasteiger partial charge on any atom is 0.145 e. The maximum atomic E-state index is 9.07. The van der Waals surface area contributed by atoms with Gasteiger partial charge < -0.3 is 15.2 Å². The highest BCUT2D eigenvalue weighted by Gasteiger charge is 2.04. The second kappa shape index (κ2) is 6.54. The number of ether oxygens (including phenoxy) is 2. The third-order valence-electron chi connectivity index (χ3n) is 3.17. The molecule has 23 heavy (non-hydrogen) atoms. The molecule has 0 fully saturated rings. The molecule has 0 aliphatic carbocycles. The predicted molar refractivity (Wildman–Crippen MR) is 88.6 cm³/mol. The van der Waals surface area contributed by atoms with Gasteiger partial charge in [0, 0.05) is 5.69 Å². The zero-order valence-electron chi connectivity index (χ0n) is 12.3. The molecule has 4 nitrogen and oxygen atoms in total. The molecule has 3 aromatic rings. The first-order valence-electron chi connectivity index (χ1n) is 7.05. The molecule has 3 rings (SSSR count). The smallest absolute Gasteiger partial charge is 0.145 e. The third kappa shape index (κ3) is 3.60. The first-order valence-corrected chi connectivity index (χ1v) is 7.05. The number of nitrogen functional groups attached to an aromatic ring is 1. The maximum absolute atomic E-state index is 9.07. The number of nitrogens with zero attached hydrogens (tertiary/aromatic N) is 1. The van der Waals surface area contributed by atoms with Crippen LogP contribution in [0.1, 0.15) is 5.56 Å². The van der Waals surface area contributed by atoms with Gasteiger partial charge in [-0.15, -0.1) is 0 Å². The Morgan fingerprint density at radius 3 is 1.83 bits per heavy atom. The van der Waals surface area contributed by atoms with Crippen molar-refractivity contribution in [3.05, 3.63) is 78.4 Å². The summed E-state index contributed by atoms with van der Waals surface area (Å²) >= 11 is 0. The van der Waals surface area contributed by atoms with Crippen LogP contribution in [0, 0.1) is 11.3 Å². The second-order valence-corrected chi connectivity index (χ2v) is 4.85. The molecule has 4 heteroatoms. The summed E-state index contributed by atoms with van der Waals surface area (Å²) in [6.45, 7) is 0. The third-order valence-corrected chi connectivity index (χ3v) is 3.17. The second-order valence-electron chi connectivity index (χ2n) is 4.85. The van der Waals surface area contributed by atoms with E-state index in [1.165, 1.54) is 0 Å². The average Bonchev–Trinajstić information content (AvgIpc) is 2.59. The Kier molecular flexibility index (Phi) is 4.12. The van der Waals surface area contributed by atoms with E-state index >= 15 is 0 Å². The van der Waals surface area contributed by atoms with Gasteiger partial charge in [0.1, 0.15) is 29.1 Å². The van der Waals surface area contributed by atoms with Crippen molar-refractivity contribution in [3.63, 3.8) is 0 Å². The minimum Gasteiger partial charge on any atom is -0.457 e. The van der Waals surface area contributed by atoms with Crippen LogP contribution in [0.4, 0.5) is 5.69 Å². The fourth-order valence-electron chi connectivity index (χ4n) is 2.02. The van der Waals surface area contributed by atoms with Crippen molar-refractivity contribution in [1.29, 1.82) is 5.26 Å². The molecule has 0 radical (unpaired) electrons. The number of para-hydroxylation sites is 1. The topological polar surface area (TPSA) is 68.3 Å². The Balaban J connectivity index is 1.72. The Labute approximate surface area is 134 Å². The highest BCUT2D eigenvalue weighted by atomic mass is 16.5. The monoisotopic (exact) mass is 302 g/mol. The van der Waals surface area contributed by atoms with Crippen molar-refractivity contribution >= 4 is 5.69 Å². The summed E-state index contributed by atoms with van der Waals surface area (Å²) in [4.78, 5) is 0. The van der Waals surface area contributed by atoms with E-state index in [0.717, 1.165) is 0 Å². The number of rotatable bonds is 4. The molecule has 0 aliphatic heterocycles. The summed E-state index contributed by atoms with van der Waals surface area (Å²) in [6, 6.07) is 23.6. The number of anilines is 1. The molecule has 0 saturated heterocycles. The lowest BCUT2D eigenvalue weighted by molar-refractivity contribution is 0.468. The zero-order chi connectivity index (χ0) is 16.1. The molecule has 0 atom stereocenters. The minimum absolute atomic E-state index is 0.495. The van der Waals surface area contributed by atoms with Gasteiger partial charge in [-0.3, -0.25) is 0 Å². The zero-order valence-corrected chi connectivity index (χ0v) is 12.3. The highest BCUT2D eigenvalue weighted by molar-refractivity contribution is 5.46. The van der Waals surface area contributed by atoms with Gasteiger partial charge in [-0.2, -0.15) is 5.26 Å². The van der Waals surface area contributed by atoms with Crippen LogP contribution in [-0.4, -0.2) is 0 Å². The summed E-state index contributed by atoms with van der Waals surface area (Å²) in [7, 11) is 0. The quantitative estimate of drug-likeness (QED) is 0.708. The van der Waals surface area contributed by atoms with Gasteiger partial charge >= 0.3 is 0 Å². The SMILES string of the molecule is N#Cc1ccccc1Oc1ccc(Oc2ccc(N)cc2)cc1. The van der Waals surface area contributed by atoms with E-state index in [0.29, 0.717) is 34.2 Å². The number of hydrogen-bond donors (Lipinski definition) is 1. The van der Waals surface area contributed by atoms with Gasteiger partial charge in [0.2, 0.25) is 0 Å². The summed E-state index contributed by atoms with van der Waals surface area (Å²) in [5, 5.41) is 9.07. The van der Waals surface area contributed by atoms with Crippen LogP contribution in [0.3, 0.4) is 0 Å². The van der Waals surface area contributed by atoms with Crippen molar-refractivity contribution in [2.45, 2.75) is 0 Å². The molecular weight excluding hydrogens is 288 g/mol. The molecule has 0 heterocycles. The van der Waals surface area contributed by atoms with Crippen molar-refractivity contribution < 1.29 is 9.47 Å². The lowest BCUT2D eigenvalue weighted by atomic mass is 10.2. The van der Waals surface area contributed by atoms with Gasteiger partial charge in [-0.25, -0.2) is 0 Å². The van der Waals surface area contributed by atoms with E-state index in [1.807, 2.05) is 18.2 Å². The first-order chi connectivity index (χ1) is 11.2. The van der Waals surface area contributed by atoms with Crippen LogP contribution in [-0.2, 0) is 0 Å². The molecule has 0 amide bonds. The number of hydrogen-bond acceptors (Lipinski definition) is 4. The number of nitrogens with two attached hydrogens (primary N) is 1. The van der Waals surface area contributed by atoms with E-state index in [9.17, 15) is 0 Å². The van der Waals surface area contributed by atoms with Crippen LogP contribution in [0.25, 0.3) is 0 Å². The molecule has 0 saturated carbocycles. The van der Waals surface area contributed by atoms with E-state index in [2.05, 4.69) is 6.07 Å². The Bertz CT molecular complexity index is 834. The van der Waals surface area contributed by atoms with E-state index in [1.54, 1.807) is 54.6 Å². The van der Waals surface area contributed by atoms with Crippen molar-refractivity contribution in [2.75, 3.05) is 5.73 Å². The van der Waals surface area contributed by atoms with Crippen LogP contribution in [0.2, 0.25) is 0 Å². The van der Waals surface area contributed by atoms with E-state index in [-0.39, 0.29) is 0 Å². The van der Waals surface area contributed by atoms with E-state index in [4.69, 9.17) is 20.5 Å². The lowest BCUT2D eigenvalue weighted by Crippen LogP contribution is -1.89. The van der Waals surface area contributed by atoms with Crippen LogP contribution in [0.15, 0.2) is 72.8 Å². The average molecular weight is 302 g/mol. The lowest BCUT2D eigenvalue weighted by Gasteiger charge is -2.09. The van der Waals surface area contributed by atoms with E-state index < -0.39 is 0 Å². The fourth-order valence-corrected chi connectivity index (χ4v) is 2.02. The molecule has 112 valence electrons. The molecular formula is C19H14N2O2. The molecule has 2 N–H and O–H groups in total. The summed E-state index contributed by atoms with van der Waals surface area (Å²) in [6.07, 6.45) is 0. The summed E-state index contributed by atoms with van der Waals surface area (Å²) < 4.78 is 11.4. The Morgan fingerprint density at radius 1 is 0.696 bits per heavy atom. The van der Waals surface area contributed by atoms with Crippen LogP contribution >= 0.6 is 0 Å². The number of benzene rings is 3. The largest absolute Gasteiger partial charge is 0.457 e. The first kappa shape index (κ1) is 14.5. The fraction of sp³-hybridized carbons (Fsp3) is 0. The molecule has 0 aromatic heterocycles. The van der Waals surface area contributed by atoms with Gasteiger partial charge in [0.25, 0.3) is 0 Å².